The Bertz CT molecular complexity index is 360. The zero-order valence-corrected chi connectivity index (χ0v) is 10.2. The Morgan fingerprint density at radius 2 is 1.94 bits per heavy atom. The highest BCUT2D eigenvalue weighted by Gasteiger charge is 2.17. The van der Waals surface area contributed by atoms with Gasteiger partial charge in [0.15, 0.2) is 0 Å². The number of rotatable bonds is 3. The third kappa shape index (κ3) is 3.28. The Balaban J connectivity index is 1.91. The summed E-state index contributed by atoms with van der Waals surface area (Å²) in [5.74, 6) is 0.137. The summed E-state index contributed by atoms with van der Waals surface area (Å²) in [6.45, 7) is 3.98. The van der Waals surface area contributed by atoms with Gasteiger partial charge in [-0.1, -0.05) is 18.2 Å². The molecular weight excluding hydrogens is 214 g/mol. The average Bonchev–Trinajstić information content (AvgIpc) is 2.40. The number of amides is 1. The lowest BCUT2D eigenvalue weighted by Gasteiger charge is -2.27. The smallest absolute Gasteiger partial charge is 0.240 e. The first-order chi connectivity index (χ1) is 8.27. The Morgan fingerprint density at radius 1 is 1.29 bits per heavy atom. The summed E-state index contributed by atoms with van der Waals surface area (Å²) in [6, 6.07) is 9.73. The molecule has 0 aliphatic carbocycles. The first kappa shape index (κ1) is 12.1. The molecule has 0 atom stereocenters. The van der Waals surface area contributed by atoms with E-state index in [1.807, 2.05) is 37.4 Å². The van der Waals surface area contributed by atoms with Crippen LogP contribution in [0.4, 0.5) is 5.69 Å². The minimum absolute atomic E-state index is 0.137. The highest BCUT2D eigenvalue weighted by atomic mass is 16.2. The third-order valence-electron chi connectivity index (χ3n) is 3.03. The number of hydrogen-bond acceptors (Lipinski definition) is 2. The van der Waals surface area contributed by atoms with Crippen molar-refractivity contribution < 1.29 is 4.79 Å². The number of para-hydroxylation sites is 1. The molecule has 1 aromatic rings. The van der Waals surface area contributed by atoms with Crippen molar-refractivity contribution in [3.8, 4) is 0 Å². The molecule has 1 fully saturated rings. The summed E-state index contributed by atoms with van der Waals surface area (Å²) in [7, 11) is 1.83. The predicted octanol–water partition coefficient (Wildman–Crippen LogP) is 0.569. The van der Waals surface area contributed by atoms with E-state index in [0.29, 0.717) is 6.54 Å². The topological polar surface area (TPSA) is 37.7 Å². The highest BCUT2D eigenvalue weighted by Crippen LogP contribution is 2.11. The standard InChI is InChI=1S/C13H18N3O/c1-15(12-5-3-2-4-6-12)13(17)11-16-9-7-14-8-10-16/h2-6H,7-11H2,1H3. The number of piperazine rings is 1. The van der Waals surface area contributed by atoms with Crippen LogP contribution in [0.1, 0.15) is 0 Å². The minimum atomic E-state index is 0.137. The molecule has 0 N–H and O–H groups in total. The molecule has 91 valence electrons. The second kappa shape index (κ2) is 5.80. The molecule has 17 heavy (non-hydrogen) atoms. The summed E-state index contributed by atoms with van der Waals surface area (Å²) < 4.78 is 0. The summed E-state index contributed by atoms with van der Waals surface area (Å²) in [4.78, 5) is 15.9. The van der Waals surface area contributed by atoms with E-state index >= 15 is 0 Å². The predicted molar refractivity (Wildman–Crippen MR) is 68.2 cm³/mol. The molecule has 4 nitrogen and oxygen atoms in total. The summed E-state index contributed by atoms with van der Waals surface area (Å²) in [5.41, 5.74) is 0.944. The molecule has 1 amide bonds. The maximum absolute atomic E-state index is 12.1. The zero-order chi connectivity index (χ0) is 12.1. The summed E-state index contributed by atoms with van der Waals surface area (Å²) in [5, 5.41) is 4.27. The lowest BCUT2D eigenvalue weighted by molar-refractivity contribution is -0.119. The number of likely N-dealkylation sites (N-methyl/N-ethyl adjacent to an activating group) is 1. The van der Waals surface area contributed by atoms with Crippen LogP contribution in [0.2, 0.25) is 0 Å². The molecule has 0 bridgehead atoms. The lowest BCUT2D eigenvalue weighted by atomic mass is 10.3. The maximum atomic E-state index is 12.1. The average molecular weight is 232 g/mol. The third-order valence-corrected chi connectivity index (χ3v) is 3.03. The summed E-state index contributed by atoms with van der Waals surface area (Å²) >= 11 is 0. The molecule has 1 aliphatic rings. The first-order valence-electron chi connectivity index (χ1n) is 5.94. The van der Waals surface area contributed by atoms with Crippen LogP contribution in [0, 0.1) is 0 Å². The molecule has 0 spiro atoms. The molecular formula is C13H18N3O. The molecule has 1 heterocycles. The van der Waals surface area contributed by atoms with E-state index in [0.717, 1.165) is 31.9 Å². The van der Waals surface area contributed by atoms with E-state index < -0.39 is 0 Å². The zero-order valence-electron chi connectivity index (χ0n) is 10.2. The van der Waals surface area contributed by atoms with E-state index in [2.05, 4.69) is 10.2 Å². The van der Waals surface area contributed by atoms with Crippen molar-refractivity contribution in [2.75, 3.05) is 44.7 Å². The minimum Gasteiger partial charge on any atom is -0.314 e. The fourth-order valence-corrected chi connectivity index (χ4v) is 1.90. The van der Waals surface area contributed by atoms with Crippen LogP contribution in [-0.2, 0) is 4.79 Å². The van der Waals surface area contributed by atoms with Crippen molar-refractivity contribution in [3.05, 3.63) is 30.3 Å². The molecule has 1 aromatic carbocycles. The van der Waals surface area contributed by atoms with E-state index in [1.165, 1.54) is 0 Å². The lowest BCUT2D eigenvalue weighted by Crippen LogP contribution is -2.45. The number of nitrogens with zero attached hydrogens (tertiary/aromatic N) is 3. The molecule has 0 unspecified atom stereocenters. The van der Waals surface area contributed by atoms with Crippen molar-refractivity contribution in [1.29, 1.82) is 0 Å². The number of carbonyl (C=O) groups is 1. The van der Waals surface area contributed by atoms with Gasteiger partial charge in [-0.25, -0.2) is 5.32 Å². The van der Waals surface area contributed by atoms with Gasteiger partial charge in [-0.05, 0) is 12.1 Å². The van der Waals surface area contributed by atoms with Gasteiger partial charge in [-0.2, -0.15) is 0 Å². The Hall–Kier alpha value is -1.39. The van der Waals surface area contributed by atoms with E-state index in [-0.39, 0.29) is 5.91 Å². The van der Waals surface area contributed by atoms with Crippen LogP contribution in [0.15, 0.2) is 30.3 Å². The van der Waals surface area contributed by atoms with Gasteiger partial charge in [0.1, 0.15) is 0 Å². The fraction of sp³-hybridized carbons (Fsp3) is 0.462. The van der Waals surface area contributed by atoms with Gasteiger partial charge in [0.2, 0.25) is 5.91 Å². The van der Waals surface area contributed by atoms with Gasteiger partial charge in [-0.3, -0.25) is 9.69 Å². The number of carbonyl (C=O) groups excluding carboxylic acids is 1. The second-order valence-electron chi connectivity index (χ2n) is 4.24. The first-order valence-corrected chi connectivity index (χ1v) is 5.94. The molecule has 2 rings (SSSR count). The Kier molecular flexibility index (Phi) is 4.12. The van der Waals surface area contributed by atoms with Gasteiger partial charge < -0.3 is 4.90 Å². The van der Waals surface area contributed by atoms with Gasteiger partial charge >= 0.3 is 0 Å². The van der Waals surface area contributed by atoms with E-state index in [4.69, 9.17) is 0 Å². The highest BCUT2D eigenvalue weighted by molar-refractivity contribution is 5.94. The van der Waals surface area contributed by atoms with Crippen molar-refractivity contribution in [3.63, 3.8) is 0 Å². The fourth-order valence-electron chi connectivity index (χ4n) is 1.90. The monoisotopic (exact) mass is 232 g/mol. The maximum Gasteiger partial charge on any atom is 0.240 e. The largest absolute Gasteiger partial charge is 0.314 e. The molecule has 1 radical (unpaired) electrons. The van der Waals surface area contributed by atoms with Crippen LogP contribution in [0.3, 0.4) is 0 Å². The van der Waals surface area contributed by atoms with Crippen molar-refractivity contribution in [2.45, 2.75) is 0 Å². The van der Waals surface area contributed by atoms with Crippen molar-refractivity contribution >= 4 is 11.6 Å². The van der Waals surface area contributed by atoms with Crippen molar-refractivity contribution in [1.82, 2.24) is 10.2 Å². The van der Waals surface area contributed by atoms with Crippen LogP contribution in [-0.4, -0.2) is 50.6 Å². The Morgan fingerprint density at radius 3 is 2.59 bits per heavy atom. The number of benzene rings is 1. The van der Waals surface area contributed by atoms with Gasteiger partial charge in [-0.15, -0.1) is 0 Å². The van der Waals surface area contributed by atoms with Crippen LogP contribution < -0.4 is 10.2 Å². The van der Waals surface area contributed by atoms with Gasteiger partial charge in [0.05, 0.1) is 6.54 Å². The normalized spacial score (nSPS) is 16.8. The van der Waals surface area contributed by atoms with E-state index in [9.17, 15) is 4.79 Å². The second-order valence-corrected chi connectivity index (χ2v) is 4.24. The van der Waals surface area contributed by atoms with Crippen LogP contribution in [0.5, 0.6) is 0 Å². The van der Waals surface area contributed by atoms with Crippen LogP contribution >= 0.6 is 0 Å². The molecule has 1 saturated heterocycles. The SMILES string of the molecule is CN(C(=O)CN1CC[N]CC1)c1ccccc1. The van der Waals surface area contributed by atoms with E-state index in [1.54, 1.807) is 4.90 Å². The molecule has 1 aliphatic heterocycles. The number of anilines is 1. The summed E-state index contributed by atoms with van der Waals surface area (Å²) in [6.07, 6.45) is 0. The molecule has 0 saturated carbocycles. The van der Waals surface area contributed by atoms with Crippen LogP contribution in [0.25, 0.3) is 0 Å². The molecule has 4 heteroatoms. The van der Waals surface area contributed by atoms with Gasteiger partial charge in [0.25, 0.3) is 0 Å². The number of hydrogen-bond donors (Lipinski definition) is 0. The van der Waals surface area contributed by atoms with Gasteiger partial charge in [0, 0.05) is 38.9 Å². The van der Waals surface area contributed by atoms with Crippen molar-refractivity contribution in [2.24, 2.45) is 0 Å². The quantitative estimate of drug-likeness (QED) is 0.764. The Labute approximate surface area is 102 Å². The molecule has 0 aromatic heterocycles.